The molecule has 30 heavy (non-hydrogen) atoms. The Labute approximate surface area is 176 Å². The van der Waals surface area contributed by atoms with Gasteiger partial charge in [0.25, 0.3) is 5.91 Å². The van der Waals surface area contributed by atoms with Gasteiger partial charge < -0.3 is 15.0 Å². The highest BCUT2D eigenvalue weighted by Crippen LogP contribution is 2.28. The molecule has 5 nitrogen and oxygen atoms in total. The third kappa shape index (κ3) is 4.11. The summed E-state index contributed by atoms with van der Waals surface area (Å²) < 4.78 is 18.0. The zero-order valence-electron chi connectivity index (χ0n) is 16.1. The number of rotatable bonds is 6. The standard InChI is InChI=1S/C23H19FN2O3S/c1-29-23(28)19(12-15-13-25-18-5-3-2-4-17(15)18)26-22(27)21-11-10-20(30-21)14-6-8-16(24)9-7-14/h2-11,13,19,25H,12H2,1H3,(H,26,27). The molecular weight excluding hydrogens is 403 g/mol. The molecule has 2 aromatic heterocycles. The largest absolute Gasteiger partial charge is 0.467 e. The number of halogens is 1. The second-order valence-corrected chi connectivity index (χ2v) is 7.87. The molecule has 0 saturated carbocycles. The first-order chi connectivity index (χ1) is 14.5. The van der Waals surface area contributed by atoms with E-state index in [-0.39, 0.29) is 11.7 Å². The molecule has 1 amide bonds. The highest BCUT2D eigenvalue weighted by Gasteiger charge is 2.24. The Bertz CT molecular complexity index is 1200. The minimum atomic E-state index is -0.821. The molecule has 0 aliphatic heterocycles. The third-order valence-electron chi connectivity index (χ3n) is 4.85. The predicted molar refractivity (Wildman–Crippen MR) is 115 cm³/mol. The van der Waals surface area contributed by atoms with Crippen molar-refractivity contribution in [1.29, 1.82) is 0 Å². The van der Waals surface area contributed by atoms with E-state index in [0.29, 0.717) is 11.3 Å². The van der Waals surface area contributed by atoms with Crippen molar-refractivity contribution in [3.8, 4) is 10.4 Å². The highest BCUT2D eigenvalue weighted by molar-refractivity contribution is 7.17. The van der Waals surface area contributed by atoms with Crippen molar-refractivity contribution >= 4 is 34.1 Å². The normalized spacial score (nSPS) is 11.9. The Kier molecular flexibility index (Phi) is 5.63. The van der Waals surface area contributed by atoms with Crippen LogP contribution in [-0.2, 0) is 16.0 Å². The fourth-order valence-corrected chi connectivity index (χ4v) is 4.23. The van der Waals surface area contributed by atoms with E-state index in [1.807, 2.05) is 30.5 Å². The number of hydrogen-bond acceptors (Lipinski definition) is 4. The van der Waals surface area contributed by atoms with Crippen molar-refractivity contribution < 1.29 is 18.7 Å². The quantitative estimate of drug-likeness (QED) is 0.448. The molecule has 1 unspecified atom stereocenters. The molecule has 1 atom stereocenters. The number of carbonyl (C=O) groups excluding carboxylic acids is 2. The van der Waals surface area contributed by atoms with Crippen LogP contribution in [0, 0.1) is 5.82 Å². The molecule has 0 aliphatic rings. The summed E-state index contributed by atoms with van der Waals surface area (Å²) in [7, 11) is 1.30. The number of aromatic amines is 1. The van der Waals surface area contributed by atoms with E-state index in [9.17, 15) is 14.0 Å². The van der Waals surface area contributed by atoms with Gasteiger partial charge in [0, 0.05) is 28.4 Å². The van der Waals surface area contributed by atoms with Gasteiger partial charge in [0.15, 0.2) is 0 Å². The minimum absolute atomic E-state index is 0.304. The number of methoxy groups -OCH3 is 1. The maximum Gasteiger partial charge on any atom is 0.328 e. The summed E-state index contributed by atoms with van der Waals surface area (Å²) >= 11 is 1.28. The number of esters is 1. The lowest BCUT2D eigenvalue weighted by molar-refractivity contribution is -0.142. The van der Waals surface area contributed by atoms with Crippen molar-refractivity contribution in [3.63, 3.8) is 0 Å². The van der Waals surface area contributed by atoms with Crippen LogP contribution in [0.25, 0.3) is 21.3 Å². The van der Waals surface area contributed by atoms with Crippen LogP contribution < -0.4 is 5.32 Å². The first-order valence-electron chi connectivity index (χ1n) is 9.34. The molecule has 152 valence electrons. The molecule has 0 radical (unpaired) electrons. The van der Waals surface area contributed by atoms with Crippen LogP contribution in [-0.4, -0.2) is 30.0 Å². The number of nitrogens with one attached hydrogen (secondary N) is 2. The van der Waals surface area contributed by atoms with Crippen molar-refractivity contribution in [3.05, 3.63) is 83.1 Å². The molecule has 2 N–H and O–H groups in total. The Balaban J connectivity index is 1.53. The lowest BCUT2D eigenvalue weighted by Crippen LogP contribution is -2.42. The van der Waals surface area contributed by atoms with E-state index in [0.717, 1.165) is 26.9 Å². The van der Waals surface area contributed by atoms with Crippen molar-refractivity contribution in [2.75, 3.05) is 7.11 Å². The Morgan fingerprint density at radius 3 is 2.63 bits per heavy atom. The van der Waals surface area contributed by atoms with E-state index in [4.69, 9.17) is 4.74 Å². The number of amides is 1. The number of thiophene rings is 1. The van der Waals surface area contributed by atoms with Crippen LogP contribution in [0.1, 0.15) is 15.2 Å². The highest BCUT2D eigenvalue weighted by atomic mass is 32.1. The predicted octanol–water partition coefficient (Wildman–Crippen LogP) is 4.55. The summed E-state index contributed by atoms with van der Waals surface area (Å²) in [5, 5.41) is 3.78. The lowest BCUT2D eigenvalue weighted by atomic mass is 10.0. The van der Waals surface area contributed by atoms with E-state index in [1.54, 1.807) is 24.3 Å². The number of carbonyl (C=O) groups is 2. The van der Waals surface area contributed by atoms with Crippen LogP contribution >= 0.6 is 11.3 Å². The summed E-state index contributed by atoms with van der Waals surface area (Å²) in [5.74, 6) is -1.18. The van der Waals surface area contributed by atoms with E-state index >= 15 is 0 Å². The van der Waals surface area contributed by atoms with Gasteiger partial charge in [-0.2, -0.15) is 0 Å². The van der Waals surface area contributed by atoms with Gasteiger partial charge in [0.2, 0.25) is 0 Å². The van der Waals surface area contributed by atoms with Gasteiger partial charge in [-0.05, 0) is 41.5 Å². The summed E-state index contributed by atoms with van der Waals surface area (Å²) in [6.07, 6.45) is 2.14. The summed E-state index contributed by atoms with van der Waals surface area (Å²) in [6.45, 7) is 0. The molecule has 0 spiro atoms. The van der Waals surface area contributed by atoms with Crippen LogP contribution in [0.4, 0.5) is 4.39 Å². The number of ether oxygens (including phenoxy) is 1. The zero-order chi connectivity index (χ0) is 21.1. The first-order valence-corrected chi connectivity index (χ1v) is 10.2. The number of hydrogen-bond donors (Lipinski definition) is 2. The maximum absolute atomic E-state index is 13.1. The van der Waals surface area contributed by atoms with E-state index in [2.05, 4.69) is 10.3 Å². The molecule has 2 aromatic carbocycles. The second-order valence-electron chi connectivity index (χ2n) is 6.78. The van der Waals surface area contributed by atoms with Crippen LogP contribution in [0.5, 0.6) is 0 Å². The maximum atomic E-state index is 13.1. The van der Waals surface area contributed by atoms with Gasteiger partial charge in [0.05, 0.1) is 12.0 Å². The van der Waals surface area contributed by atoms with Crippen molar-refractivity contribution in [2.45, 2.75) is 12.5 Å². The molecule has 0 saturated heterocycles. The monoisotopic (exact) mass is 422 g/mol. The fraction of sp³-hybridized carbons (Fsp3) is 0.130. The Morgan fingerprint density at radius 2 is 1.87 bits per heavy atom. The van der Waals surface area contributed by atoms with Crippen LogP contribution in [0.3, 0.4) is 0 Å². The van der Waals surface area contributed by atoms with Crippen molar-refractivity contribution in [2.24, 2.45) is 0 Å². The topological polar surface area (TPSA) is 71.2 Å². The average molecular weight is 422 g/mol. The SMILES string of the molecule is COC(=O)C(Cc1c[nH]c2ccccc12)NC(=O)c1ccc(-c2ccc(F)cc2)s1. The summed E-state index contributed by atoms with van der Waals surface area (Å²) in [5.41, 5.74) is 2.70. The van der Waals surface area contributed by atoms with Crippen molar-refractivity contribution in [1.82, 2.24) is 10.3 Å². The minimum Gasteiger partial charge on any atom is -0.467 e. The molecule has 2 heterocycles. The zero-order valence-corrected chi connectivity index (χ0v) is 17.0. The molecule has 4 aromatic rings. The van der Waals surface area contributed by atoms with Gasteiger partial charge in [-0.3, -0.25) is 4.79 Å². The number of benzene rings is 2. The summed E-state index contributed by atoms with van der Waals surface area (Å²) in [4.78, 5) is 29.6. The number of fused-ring (bicyclic) bond motifs is 1. The fourth-order valence-electron chi connectivity index (χ4n) is 3.31. The number of H-pyrrole nitrogens is 1. The third-order valence-corrected chi connectivity index (χ3v) is 5.98. The van der Waals surface area contributed by atoms with E-state index < -0.39 is 12.0 Å². The molecule has 4 rings (SSSR count). The van der Waals surface area contributed by atoms with E-state index in [1.165, 1.54) is 30.6 Å². The second kappa shape index (κ2) is 8.51. The van der Waals surface area contributed by atoms with Crippen LogP contribution in [0.2, 0.25) is 0 Å². The Hall–Kier alpha value is -3.45. The average Bonchev–Trinajstić information content (AvgIpc) is 3.41. The Morgan fingerprint density at radius 1 is 1.10 bits per heavy atom. The van der Waals surface area contributed by atoms with Gasteiger partial charge >= 0.3 is 5.97 Å². The molecule has 0 aliphatic carbocycles. The smallest absolute Gasteiger partial charge is 0.328 e. The number of para-hydroxylation sites is 1. The van der Waals surface area contributed by atoms with Crippen LogP contribution in [0.15, 0.2) is 66.9 Å². The molecule has 0 fully saturated rings. The van der Waals surface area contributed by atoms with Gasteiger partial charge in [0.1, 0.15) is 11.9 Å². The molecule has 7 heteroatoms. The van der Waals surface area contributed by atoms with Gasteiger partial charge in [-0.25, -0.2) is 9.18 Å². The molecular formula is C23H19FN2O3S. The summed E-state index contributed by atoms with van der Waals surface area (Å²) in [6, 6.07) is 16.5. The number of aromatic nitrogens is 1. The first kappa shape index (κ1) is 19.8. The van der Waals surface area contributed by atoms with Gasteiger partial charge in [-0.1, -0.05) is 30.3 Å². The molecule has 0 bridgehead atoms. The lowest BCUT2D eigenvalue weighted by Gasteiger charge is -2.15. The van der Waals surface area contributed by atoms with Gasteiger partial charge in [-0.15, -0.1) is 11.3 Å².